The van der Waals surface area contributed by atoms with E-state index in [-0.39, 0.29) is 0 Å². The summed E-state index contributed by atoms with van der Waals surface area (Å²) in [6.45, 7) is 26.2. The maximum absolute atomic E-state index is 5.56. The third kappa shape index (κ3) is 15.4. The molecule has 1 fully saturated rings. The van der Waals surface area contributed by atoms with Crippen LogP contribution in [-0.2, 0) is 6.42 Å². The predicted molar refractivity (Wildman–Crippen MR) is 150 cm³/mol. The third-order valence-electron chi connectivity index (χ3n) is 5.13. The van der Waals surface area contributed by atoms with Gasteiger partial charge in [0.05, 0.1) is 5.69 Å². The van der Waals surface area contributed by atoms with Crippen LogP contribution in [0.5, 0.6) is 0 Å². The lowest BCUT2D eigenvalue weighted by atomic mass is 9.92. The lowest BCUT2D eigenvalue weighted by Gasteiger charge is -2.32. The first-order chi connectivity index (χ1) is 15.4. The van der Waals surface area contributed by atoms with E-state index < -0.39 is 0 Å². The first kappa shape index (κ1) is 32.8. The summed E-state index contributed by atoms with van der Waals surface area (Å²) in [6, 6.07) is 0. The molecule has 0 saturated carbocycles. The fourth-order valence-corrected chi connectivity index (χ4v) is 4.59. The van der Waals surface area contributed by atoms with Crippen molar-refractivity contribution in [3.63, 3.8) is 0 Å². The van der Waals surface area contributed by atoms with E-state index in [9.17, 15) is 0 Å². The summed E-state index contributed by atoms with van der Waals surface area (Å²) in [5.41, 5.74) is 8.06. The summed E-state index contributed by atoms with van der Waals surface area (Å²) in [5.74, 6) is 1.67. The molecule has 1 saturated heterocycles. The number of thiazole rings is 1. The second-order valence-electron chi connectivity index (χ2n) is 8.13. The first-order valence-corrected chi connectivity index (χ1v) is 13.6. The molecule has 0 radical (unpaired) electrons. The van der Waals surface area contributed by atoms with Crippen molar-refractivity contribution in [3.05, 3.63) is 47.0 Å². The van der Waals surface area contributed by atoms with Gasteiger partial charge in [-0.25, -0.2) is 4.98 Å². The van der Waals surface area contributed by atoms with E-state index in [2.05, 4.69) is 56.3 Å². The number of aryl methyl sites for hydroxylation is 1. The normalized spacial score (nSPS) is 14.8. The van der Waals surface area contributed by atoms with Crippen molar-refractivity contribution in [3.8, 4) is 0 Å². The van der Waals surface area contributed by atoms with Gasteiger partial charge in [0.2, 0.25) is 0 Å². The average Bonchev–Trinajstić information content (AvgIpc) is 3.11. The van der Waals surface area contributed by atoms with Gasteiger partial charge in [-0.15, -0.1) is 11.3 Å². The van der Waals surface area contributed by atoms with E-state index in [0.717, 1.165) is 24.6 Å². The molecule has 2 heterocycles. The van der Waals surface area contributed by atoms with Crippen molar-refractivity contribution in [1.29, 1.82) is 0 Å². The Balaban J connectivity index is 0. The molecular formula is C28H53N3S. The van der Waals surface area contributed by atoms with Gasteiger partial charge >= 0.3 is 0 Å². The summed E-state index contributed by atoms with van der Waals surface area (Å²) in [6.07, 6.45) is 14.9. The van der Waals surface area contributed by atoms with Gasteiger partial charge in [0, 0.05) is 11.4 Å². The Labute approximate surface area is 204 Å². The monoisotopic (exact) mass is 463 g/mol. The number of allylic oxidation sites excluding steroid dienone is 3. The van der Waals surface area contributed by atoms with Crippen molar-refractivity contribution in [2.75, 3.05) is 25.4 Å². The van der Waals surface area contributed by atoms with Crippen molar-refractivity contribution in [2.24, 2.45) is 11.8 Å². The van der Waals surface area contributed by atoms with E-state index >= 15 is 0 Å². The minimum atomic E-state index is 0.688. The van der Waals surface area contributed by atoms with Crippen molar-refractivity contribution < 1.29 is 0 Å². The van der Waals surface area contributed by atoms with E-state index in [4.69, 9.17) is 5.73 Å². The molecule has 1 aromatic rings. The largest absolute Gasteiger partial charge is 0.375 e. The maximum atomic E-state index is 5.56. The topological polar surface area (TPSA) is 42.2 Å². The van der Waals surface area contributed by atoms with E-state index in [1.807, 2.05) is 46.8 Å². The van der Waals surface area contributed by atoms with Gasteiger partial charge in [-0.1, -0.05) is 92.2 Å². The summed E-state index contributed by atoms with van der Waals surface area (Å²) in [5, 5.41) is 0.693. The van der Waals surface area contributed by atoms with Crippen LogP contribution in [0.15, 0.2) is 36.5 Å². The minimum Gasteiger partial charge on any atom is -0.375 e. The van der Waals surface area contributed by atoms with E-state index in [1.54, 1.807) is 11.3 Å². The summed E-state index contributed by atoms with van der Waals surface area (Å²) in [4.78, 5) is 8.07. The van der Waals surface area contributed by atoms with Gasteiger partial charge in [-0.2, -0.15) is 0 Å². The second kappa shape index (κ2) is 21.5. The van der Waals surface area contributed by atoms with E-state index in [1.165, 1.54) is 49.2 Å². The number of nitrogens with two attached hydrogens (primary N) is 1. The molecule has 0 atom stereocenters. The van der Waals surface area contributed by atoms with E-state index in [0.29, 0.717) is 11.0 Å². The van der Waals surface area contributed by atoms with Gasteiger partial charge in [0.25, 0.3) is 0 Å². The minimum absolute atomic E-state index is 0.688. The van der Waals surface area contributed by atoms with Gasteiger partial charge in [-0.05, 0) is 63.6 Å². The molecule has 2 rings (SSSR count). The molecule has 0 spiro atoms. The number of hydrogen-bond acceptors (Lipinski definition) is 4. The molecule has 0 aliphatic carbocycles. The molecule has 0 unspecified atom stereocenters. The standard InChI is InChI=1S/C16H27N.C8H14N2S.2C2H6/c1-4-7-9-15(6-3)14-17-12-10-16(8-5-2)11-13-17;1-5(2)4-7-6(3)10-8(9)11-7;2*1-2/h4,6-7,9,16H,1,5,8,10-14H2,2-3H3;5H,4H2,1-3H3,(H2,9,10);2*1-2H3/b9-7-,15-6+;;;. The predicted octanol–water partition coefficient (Wildman–Crippen LogP) is 8.47. The second-order valence-corrected chi connectivity index (χ2v) is 9.24. The van der Waals surface area contributed by atoms with Crippen LogP contribution >= 0.6 is 11.3 Å². The maximum Gasteiger partial charge on any atom is 0.180 e. The first-order valence-electron chi connectivity index (χ1n) is 12.8. The zero-order valence-corrected chi connectivity index (χ0v) is 23.5. The third-order valence-corrected chi connectivity index (χ3v) is 6.14. The van der Waals surface area contributed by atoms with Crippen LogP contribution in [0.2, 0.25) is 0 Å². The summed E-state index contributed by atoms with van der Waals surface area (Å²) in [7, 11) is 0. The highest BCUT2D eigenvalue weighted by atomic mass is 32.1. The van der Waals surface area contributed by atoms with Crippen molar-refractivity contribution >= 4 is 16.5 Å². The average molecular weight is 464 g/mol. The Morgan fingerprint density at radius 3 is 2.22 bits per heavy atom. The zero-order valence-electron chi connectivity index (χ0n) is 22.7. The fraction of sp³-hybridized carbons (Fsp3) is 0.679. The molecule has 0 amide bonds. The van der Waals surface area contributed by atoms with Crippen molar-refractivity contribution in [2.45, 2.75) is 94.4 Å². The quantitative estimate of drug-likeness (QED) is 0.393. The Hall–Kier alpha value is -1.39. The number of likely N-dealkylation sites (tertiary alicyclic amines) is 1. The van der Waals surface area contributed by atoms with Crippen LogP contribution < -0.4 is 5.73 Å². The molecular weight excluding hydrogens is 410 g/mol. The molecule has 4 heteroatoms. The smallest absolute Gasteiger partial charge is 0.180 e. The van der Waals surface area contributed by atoms with Crippen LogP contribution in [0.4, 0.5) is 5.13 Å². The Morgan fingerprint density at radius 1 is 1.22 bits per heavy atom. The van der Waals surface area contributed by atoms with Crippen LogP contribution in [0.1, 0.15) is 91.6 Å². The lowest BCUT2D eigenvalue weighted by molar-refractivity contribution is 0.192. The van der Waals surface area contributed by atoms with Crippen LogP contribution in [0.3, 0.4) is 0 Å². The Morgan fingerprint density at radius 2 is 1.81 bits per heavy atom. The van der Waals surface area contributed by atoms with Gasteiger partial charge in [-0.3, -0.25) is 4.90 Å². The highest BCUT2D eigenvalue weighted by molar-refractivity contribution is 7.15. The zero-order chi connectivity index (χ0) is 24.9. The van der Waals surface area contributed by atoms with Crippen molar-refractivity contribution in [1.82, 2.24) is 9.88 Å². The van der Waals surface area contributed by atoms with Crippen LogP contribution in [-0.4, -0.2) is 29.5 Å². The number of aromatic nitrogens is 1. The van der Waals surface area contributed by atoms with Gasteiger partial charge in [0.15, 0.2) is 5.13 Å². The summed E-state index contributed by atoms with van der Waals surface area (Å²) >= 11 is 1.61. The molecule has 3 nitrogen and oxygen atoms in total. The van der Waals surface area contributed by atoms with Gasteiger partial charge < -0.3 is 5.73 Å². The number of hydrogen-bond donors (Lipinski definition) is 1. The molecule has 186 valence electrons. The molecule has 1 aliphatic rings. The Kier molecular flexibility index (Phi) is 22.0. The number of piperidine rings is 1. The molecule has 2 N–H and O–H groups in total. The summed E-state index contributed by atoms with van der Waals surface area (Å²) < 4.78 is 0. The molecule has 1 aliphatic heterocycles. The Bertz CT molecular complexity index is 621. The SMILES string of the molecule is C=C/C=C\C(=C/C)CN1CCC(CCC)CC1.CC.CC.Cc1nc(N)sc1CC(C)C. The number of nitrogens with zero attached hydrogens (tertiary/aromatic N) is 2. The van der Waals surface area contributed by atoms with Crippen LogP contribution in [0, 0.1) is 18.8 Å². The number of nitrogen functional groups attached to an aromatic ring is 1. The number of anilines is 1. The lowest BCUT2D eigenvalue weighted by Crippen LogP contribution is -2.34. The number of rotatable bonds is 8. The highest BCUT2D eigenvalue weighted by Crippen LogP contribution is 2.23. The molecule has 32 heavy (non-hydrogen) atoms. The van der Waals surface area contributed by atoms with Crippen LogP contribution in [0.25, 0.3) is 0 Å². The fourth-order valence-electron chi connectivity index (χ4n) is 3.54. The van der Waals surface area contributed by atoms with Gasteiger partial charge in [0.1, 0.15) is 0 Å². The highest BCUT2D eigenvalue weighted by Gasteiger charge is 2.18. The molecule has 0 bridgehead atoms. The molecule has 1 aromatic heterocycles. The molecule has 0 aromatic carbocycles.